The van der Waals surface area contributed by atoms with Crippen LogP contribution in [0.15, 0.2) is 24.3 Å². The molecule has 2 amide bonds. The maximum absolute atomic E-state index is 11.0. The number of hydrogen-bond acceptors (Lipinski definition) is 2. The summed E-state index contributed by atoms with van der Waals surface area (Å²) in [6, 6.07) is 7.32. The summed E-state index contributed by atoms with van der Waals surface area (Å²) in [6.45, 7) is 4.00. The first-order valence-electron chi connectivity index (χ1n) is 5.56. The summed E-state index contributed by atoms with van der Waals surface area (Å²) < 4.78 is 5.40. The second-order valence-electron chi connectivity index (χ2n) is 3.47. The number of urea groups is 1. The third-order valence-corrected chi connectivity index (χ3v) is 2.30. The highest BCUT2D eigenvalue weighted by Crippen LogP contribution is 2.09. The Balaban J connectivity index is 2.08. The fourth-order valence-electron chi connectivity index (χ4n) is 1.23. The maximum Gasteiger partial charge on any atom is 0.314 e. The molecule has 1 aromatic carbocycles. The molecular formula is C12H17ClN2O2. The summed E-state index contributed by atoms with van der Waals surface area (Å²) in [5, 5.41) is 6.04. The van der Waals surface area contributed by atoms with Gasteiger partial charge >= 0.3 is 6.03 Å². The number of carbonyl (C=O) groups is 1. The summed E-state index contributed by atoms with van der Waals surface area (Å²) in [6.07, 6.45) is 0. The van der Waals surface area contributed by atoms with Crippen LogP contribution in [0.5, 0.6) is 0 Å². The highest BCUT2D eigenvalue weighted by molar-refractivity contribution is 6.30. The molecule has 0 radical (unpaired) electrons. The molecule has 1 rings (SSSR count). The van der Waals surface area contributed by atoms with Crippen LogP contribution in [-0.2, 0) is 11.3 Å². The van der Waals surface area contributed by atoms with Gasteiger partial charge in [-0.15, -0.1) is 0 Å². The average Bonchev–Trinajstić information content (AvgIpc) is 2.31. The van der Waals surface area contributed by atoms with Gasteiger partial charge < -0.3 is 15.4 Å². The van der Waals surface area contributed by atoms with E-state index < -0.39 is 0 Å². The molecule has 0 heterocycles. The van der Waals surface area contributed by atoms with E-state index in [4.69, 9.17) is 16.3 Å². The van der Waals surface area contributed by atoms with Crippen molar-refractivity contribution in [3.63, 3.8) is 0 Å². The Morgan fingerprint density at radius 1 is 1.29 bits per heavy atom. The fourth-order valence-corrected chi connectivity index (χ4v) is 1.36. The van der Waals surface area contributed by atoms with Crippen molar-refractivity contribution >= 4 is 17.6 Å². The van der Waals surface area contributed by atoms with Crippen LogP contribution in [0, 0.1) is 0 Å². The molecule has 0 atom stereocenters. The Morgan fingerprint density at radius 2 is 2.00 bits per heavy atom. The summed E-state index contributed by atoms with van der Waals surface area (Å²) in [4.78, 5) is 11.0. The van der Waals surface area contributed by atoms with Crippen molar-refractivity contribution in [3.05, 3.63) is 34.9 Å². The second-order valence-corrected chi connectivity index (χ2v) is 3.90. The zero-order chi connectivity index (χ0) is 12.5. The van der Waals surface area contributed by atoms with E-state index in [1.165, 1.54) is 0 Å². The molecule has 4 nitrogen and oxygen atoms in total. The van der Waals surface area contributed by atoms with Gasteiger partial charge in [0.25, 0.3) is 0 Å². The summed E-state index contributed by atoms with van der Waals surface area (Å²) in [7, 11) is 0. The number of hydrogen-bond donors (Lipinski definition) is 2. The first-order chi connectivity index (χ1) is 8.22. The number of rotatable bonds is 6. The quantitative estimate of drug-likeness (QED) is 0.767. The van der Waals surface area contributed by atoms with Crippen LogP contribution >= 0.6 is 11.6 Å². The van der Waals surface area contributed by atoms with Gasteiger partial charge in [-0.05, 0) is 24.6 Å². The first-order valence-corrected chi connectivity index (χ1v) is 5.94. The Hall–Kier alpha value is -1.26. The zero-order valence-electron chi connectivity index (χ0n) is 9.83. The molecule has 17 heavy (non-hydrogen) atoms. The van der Waals surface area contributed by atoms with Crippen molar-refractivity contribution in [2.45, 2.75) is 13.5 Å². The van der Waals surface area contributed by atoms with Crippen LogP contribution in [-0.4, -0.2) is 25.7 Å². The van der Waals surface area contributed by atoms with E-state index in [2.05, 4.69) is 10.6 Å². The van der Waals surface area contributed by atoms with E-state index in [1.807, 2.05) is 31.2 Å². The van der Waals surface area contributed by atoms with E-state index in [1.54, 1.807) is 0 Å². The maximum atomic E-state index is 11.0. The normalized spacial score (nSPS) is 10.0. The number of carbonyl (C=O) groups excluding carboxylic acids is 1. The minimum atomic E-state index is -0.164. The smallest absolute Gasteiger partial charge is 0.314 e. The molecule has 2 N–H and O–H groups in total. The highest BCUT2D eigenvalue weighted by atomic mass is 35.5. The summed E-state index contributed by atoms with van der Waals surface area (Å²) in [5.41, 5.74) is 1.06. The molecule has 0 spiro atoms. The van der Waals surface area contributed by atoms with Gasteiger partial charge in [0, 0.05) is 18.1 Å². The molecule has 1 aromatic rings. The highest BCUT2D eigenvalue weighted by Gasteiger charge is 1.97. The monoisotopic (exact) mass is 256 g/mol. The summed E-state index contributed by atoms with van der Waals surface area (Å²) in [5.74, 6) is 0. The molecule has 94 valence electrons. The fraction of sp³-hybridized carbons (Fsp3) is 0.417. The van der Waals surface area contributed by atoms with Crippen molar-refractivity contribution in [2.75, 3.05) is 19.7 Å². The van der Waals surface area contributed by atoms with Gasteiger partial charge in [-0.3, -0.25) is 0 Å². The summed E-state index contributed by atoms with van der Waals surface area (Å²) >= 11 is 5.76. The molecule has 0 aliphatic carbocycles. The van der Waals surface area contributed by atoms with Gasteiger partial charge in [-0.25, -0.2) is 4.79 Å². The Labute approximate surface area is 106 Å². The van der Waals surface area contributed by atoms with E-state index in [0.29, 0.717) is 31.3 Å². The molecule has 5 heteroatoms. The van der Waals surface area contributed by atoms with Crippen LogP contribution in [0.2, 0.25) is 5.02 Å². The Kier molecular flexibility index (Phi) is 6.43. The lowest BCUT2D eigenvalue weighted by Crippen LogP contribution is -2.37. The van der Waals surface area contributed by atoms with Gasteiger partial charge in [-0.2, -0.15) is 0 Å². The Bertz CT molecular complexity index is 341. The zero-order valence-corrected chi connectivity index (χ0v) is 10.6. The lowest BCUT2D eigenvalue weighted by Gasteiger charge is -2.07. The molecular weight excluding hydrogens is 240 g/mol. The van der Waals surface area contributed by atoms with E-state index in [0.717, 1.165) is 5.56 Å². The standard InChI is InChI=1S/C12H17ClN2O2/c1-2-14-12(16)15-7-8-17-9-10-3-5-11(13)6-4-10/h3-6H,2,7-9H2,1H3,(H2,14,15,16). The molecule has 0 saturated carbocycles. The lowest BCUT2D eigenvalue weighted by molar-refractivity contribution is 0.123. The van der Waals surface area contributed by atoms with Gasteiger partial charge in [0.2, 0.25) is 0 Å². The molecule has 0 fully saturated rings. The third kappa shape index (κ3) is 6.14. The number of benzene rings is 1. The predicted octanol–water partition coefficient (Wildman–Crippen LogP) is 2.18. The van der Waals surface area contributed by atoms with Crippen LogP contribution in [0.25, 0.3) is 0 Å². The van der Waals surface area contributed by atoms with Gasteiger partial charge in [-0.1, -0.05) is 23.7 Å². The topological polar surface area (TPSA) is 50.4 Å². The number of ether oxygens (including phenoxy) is 1. The number of amides is 2. The van der Waals surface area contributed by atoms with Gasteiger partial charge in [0.15, 0.2) is 0 Å². The molecule has 0 unspecified atom stereocenters. The predicted molar refractivity (Wildman–Crippen MR) is 68.2 cm³/mol. The molecule has 0 saturated heterocycles. The average molecular weight is 257 g/mol. The van der Waals surface area contributed by atoms with Crippen molar-refractivity contribution < 1.29 is 9.53 Å². The first kappa shape index (κ1) is 13.8. The molecule has 0 aromatic heterocycles. The number of halogens is 1. The SMILES string of the molecule is CCNC(=O)NCCOCc1ccc(Cl)cc1. The van der Waals surface area contributed by atoms with Crippen molar-refractivity contribution in [1.29, 1.82) is 0 Å². The number of nitrogens with one attached hydrogen (secondary N) is 2. The van der Waals surface area contributed by atoms with Gasteiger partial charge in [0.1, 0.15) is 0 Å². The second kappa shape index (κ2) is 7.92. The van der Waals surface area contributed by atoms with Crippen LogP contribution in [0.1, 0.15) is 12.5 Å². The van der Waals surface area contributed by atoms with Crippen molar-refractivity contribution in [3.8, 4) is 0 Å². The van der Waals surface area contributed by atoms with Gasteiger partial charge in [0.05, 0.1) is 13.2 Å². The van der Waals surface area contributed by atoms with Crippen LogP contribution < -0.4 is 10.6 Å². The largest absolute Gasteiger partial charge is 0.375 e. The van der Waals surface area contributed by atoms with Crippen molar-refractivity contribution in [2.24, 2.45) is 0 Å². The van der Waals surface area contributed by atoms with Crippen LogP contribution in [0.4, 0.5) is 4.79 Å². The van der Waals surface area contributed by atoms with Crippen molar-refractivity contribution in [1.82, 2.24) is 10.6 Å². The molecule has 0 aliphatic rings. The van der Waals surface area contributed by atoms with E-state index in [-0.39, 0.29) is 6.03 Å². The van der Waals surface area contributed by atoms with E-state index in [9.17, 15) is 4.79 Å². The minimum Gasteiger partial charge on any atom is -0.375 e. The molecule has 0 bridgehead atoms. The minimum absolute atomic E-state index is 0.164. The molecule has 0 aliphatic heterocycles. The van der Waals surface area contributed by atoms with E-state index >= 15 is 0 Å². The lowest BCUT2D eigenvalue weighted by atomic mass is 10.2. The van der Waals surface area contributed by atoms with Crippen LogP contribution in [0.3, 0.4) is 0 Å². The third-order valence-electron chi connectivity index (χ3n) is 2.05. The Morgan fingerprint density at radius 3 is 2.65 bits per heavy atom.